The van der Waals surface area contributed by atoms with Gasteiger partial charge in [-0.3, -0.25) is 0 Å². The van der Waals surface area contributed by atoms with E-state index in [4.69, 9.17) is 21.0 Å². The summed E-state index contributed by atoms with van der Waals surface area (Å²) in [6.45, 7) is 0. The summed E-state index contributed by atoms with van der Waals surface area (Å²) in [5, 5.41) is 37.9. The highest BCUT2D eigenvalue weighted by Gasteiger charge is 2.16. The minimum atomic E-state index is -0.743. The smallest absolute Gasteiger partial charge is 0.167 e. The Hall–Kier alpha value is -2.90. The molecule has 0 bridgehead atoms. The summed E-state index contributed by atoms with van der Waals surface area (Å²) in [5.41, 5.74) is 0. The summed E-state index contributed by atoms with van der Waals surface area (Å²) in [6, 6.07) is 15.6. The zero-order valence-electron chi connectivity index (χ0n) is 11.1. The van der Waals surface area contributed by atoms with E-state index in [-0.39, 0.29) is 0 Å². The van der Waals surface area contributed by atoms with E-state index in [1.807, 2.05) is 48.5 Å². The molecule has 2 aromatic heterocycles. The van der Waals surface area contributed by atoms with Gasteiger partial charge in [-0.05, 0) is 35.0 Å². The molecule has 3 rings (SSSR count). The van der Waals surface area contributed by atoms with Crippen LogP contribution in [-0.2, 0) is 0 Å². The van der Waals surface area contributed by atoms with Gasteiger partial charge in [-0.2, -0.15) is 21.0 Å². The highest BCUT2D eigenvalue weighted by Crippen LogP contribution is 2.37. The topological polar surface area (TPSA) is 95.2 Å². The lowest BCUT2D eigenvalue weighted by molar-refractivity contribution is 1.14. The average molecular weight is 318 g/mol. The summed E-state index contributed by atoms with van der Waals surface area (Å²) < 4.78 is 1.99. The number of nitrogens with zero attached hydrogens (tertiary/aromatic N) is 4. The normalized spacial score (nSPS) is 10.5. The van der Waals surface area contributed by atoms with Crippen molar-refractivity contribution in [2.24, 2.45) is 0 Å². The summed E-state index contributed by atoms with van der Waals surface area (Å²) in [5.74, 6) is -1.49. The number of thiophene rings is 2. The van der Waals surface area contributed by atoms with Gasteiger partial charge in [0.25, 0.3) is 0 Å². The number of nitriles is 4. The maximum atomic E-state index is 8.98. The molecule has 0 atom stereocenters. The first kappa shape index (κ1) is 14.1. The van der Waals surface area contributed by atoms with Gasteiger partial charge >= 0.3 is 0 Å². The van der Waals surface area contributed by atoms with Crippen LogP contribution in [0.5, 0.6) is 0 Å². The summed E-state index contributed by atoms with van der Waals surface area (Å²) >= 11 is 2.86. The molecule has 22 heavy (non-hydrogen) atoms. The molecule has 0 aliphatic carbocycles. The van der Waals surface area contributed by atoms with Crippen molar-refractivity contribution in [1.29, 1.82) is 21.0 Å². The summed E-state index contributed by atoms with van der Waals surface area (Å²) in [4.78, 5) is 1.48. The number of rotatable bonds is 2. The molecule has 0 aliphatic rings. The van der Waals surface area contributed by atoms with Crippen LogP contribution < -0.4 is 0 Å². The lowest BCUT2D eigenvalue weighted by Crippen LogP contribution is -1.85. The minimum Gasteiger partial charge on any atom is -0.196 e. The molecule has 102 valence electrons. The van der Waals surface area contributed by atoms with Crippen molar-refractivity contribution < 1.29 is 0 Å². The standard InChI is InChI=1S/C16H6N4S2/c17-5-11(6-18)15-3-9-1-13-10(2-14(9)22-15)4-16(21-13)12(7-19)8-20/h1-4,11-12H. The van der Waals surface area contributed by atoms with Gasteiger partial charge < -0.3 is 0 Å². The fourth-order valence-corrected chi connectivity index (χ4v) is 4.38. The molecule has 0 fully saturated rings. The Morgan fingerprint density at radius 3 is 1.32 bits per heavy atom. The molecular weight excluding hydrogens is 312 g/mol. The van der Waals surface area contributed by atoms with Gasteiger partial charge in [-0.25, -0.2) is 0 Å². The number of fused-ring (bicyclic) bond motifs is 2. The largest absolute Gasteiger partial charge is 0.196 e. The van der Waals surface area contributed by atoms with Crippen LogP contribution in [-0.4, -0.2) is 0 Å². The Balaban J connectivity index is 2.15. The van der Waals surface area contributed by atoms with Gasteiger partial charge in [-0.15, -0.1) is 22.7 Å². The van der Waals surface area contributed by atoms with Crippen LogP contribution in [0.15, 0.2) is 24.3 Å². The fourth-order valence-electron chi connectivity index (χ4n) is 2.21. The first-order valence-electron chi connectivity index (χ1n) is 6.25. The highest BCUT2D eigenvalue weighted by molar-refractivity contribution is 7.20. The Morgan fingerprint density at radius 2 is 1.00 bits per heavy atom. The third kappa shape index (κ3) is 2.18. The van der Waals surface area contributed by atoms with Crippen LogP contribution in [0.3, 0.4) is 0 Å². The van der Waals surface area contributed by atoms with Gasteiger partial charge in [0.15, 0.2) is 11.8 Å². The first-order chi connectivity index (χ1) is 10.7. The van der Waals surface area contributed by atoms with Gasteiger partial charge in [0.1, 0.15) is 0 Å². The van der Waals surface area contributed by atoms with E-state index >= 15 is 0 Å². The second-order valence-corrected chi connectivity index (χ2v) is 6.84. The fraction of sp³-hybridized carbons (Fsp3) is 0.125. The predicted octanol–water partition coefficient (Wildman–Crippen LogP) is 4.38. The summed E-state index contributed by atoms with van der Waals surface area (Å²) in [7, 11) is 0. The van der Waals surface area contributed by atoms with E-state index in [0.717, 1.165) is 29.9 Å². The molecular formula is C16H6N4S2. The van der Waals surface area contributed by atoms with Crippen molar-refractivity contribution in [2.75, 3.05) is 0 Å². The van der Waals surface area contributed by atoms with Crippen LogP contribution in [0.1, 0.15) is 21.6 Å². The predicted molar refractivity (Wildman–Crippen MR) is 85.1 cm³/mol. The summed E-state index contributed by atoms with van der Waals surface area (Å²) in [6.07, 6.45) is 0. The molecule has 6 heteroatoms. The zero-order valence-corrected chi connectivity index (χ0v) is 12.7. The van der Waals surface area contributed by atoms with Gasteiger partial charge in [0.2, 0.25) is 0 Å². The highest BCUT2D eigenvalue weighted by atomic mass is 32.1. The van der Waals surface area contributed by atoms with Crippen LogP contribution in [0.4, 0.5) is 0 Å². The zero-order chi connectivity index (χ0) is 15.7. The quantitative estimate of drug-likeness (QED) is 0.700. The second kappa shape index (κ2) is 5.47. The second-order valence-electron chi connectivity index (χ2n) is 4.61. The molecule has 1 aromatic carbocycles. The lowest BCUT2D eigenvalue weighted by atomic mass is 10.1. The molecule has 3 aromatic rings. The van der Waals surface area contributed by atoms with Crippen molar-refractivity contribution >= 4 is 42.8 Å². The minimum absolute atomic E-state index is 0.741. The first-order valence-corrected chi connectivity index (χ1v) is 7.89. The van der Waals surface area contributed by atoms with Crippen molar-refractivity contribution in [1.82, 2.24) is 0 Å². The van der Waals surface area contributed by atoms with Crippen molar-refractivity contribution in [3.63, 3.8) is 0 Å². The SMILES string of the molecule is N#CC(C#N)c1cc2cc3sc(C(C#N)C#N)cc3cc2s1. The monoisotopic (exact) mass is 318 g/mol. The average Bonchev–Trinajstić information content (AvgIpc) is 3.10. The van der Waals surface area contributed by atoms with Crippen LogP contribution in [0, 0.1) is 45.3 Å². The van der Waals surface area contributed by atoms with E-state index < -0.39 is 11.8 Å². The molecule has 0 aliphatic heterocycles. The van der Waals surface area contributed by atoms with Crippen molar-refractivity contribution in [3.05, 3.63) is 34.0 Å². The Kier molecular flexibility index (Phi) is 3.50. The van der Waals surface area contributed by atoms with Crippen molar-refractivity contribution in [3.8, 4) is 24.3 Å². The number of hydrogen-bond donors (Lipinski definition) is 0. The van der Waals surface area contributed by atoms with Crippen LogP contribution in [0.25, 0.3) is 20.2 Å². The molecule has 0 N–H and O–H groups in total. The molecule has 0 radical (unpaired) electrons. The molecule has 0 saturated carbocycles. The lowest BCUT2D eigenvalue weighted by Gasteiger charge is -1.90. The molecule has 0 amide bonds. The van der Waals surface area contributed by atoms with Gasteiger partial charge in [-0.1, -0.05) is 0 Å². The van der Waals surface area contributed by atoms with E-state index in [0.29, 0.717) is 0 Å². The Labute approximate surface area is 134 Å². The van der Waals surface area contributed by atoms with Crippen LogP contribution in [0.2, 0.25) is 0 Å². The maximum absolute atomic E-state index is 8.98. The number of hydrogen-bond acceptors (Lipinski definition) is 6. The van der Waals surface area contributed by atoms with Crippen LogP contribution >= 0.6 is 22.7 Å². The molecule has 0 spiro atoms. The Bertz CT molecular complexity index is 886. The maximum Gasteiger partial charge on any atom is 0.167 e. The van der Waals surface area contributed by atoms with E-state index in [2.05, 4.69) is 0 Å². The van der Waals surface area contributed by atoms with E-state index in [9.17, 15) is 0 Å². The molecule has 0 saturated heterocycles. The Morgan fingerprint density at radius 1 is 0.636 bits per heavy atom. The molecule has 2 heterocycles. The molecule has 0 unspecified atom stereocenters. The van der Waals surface area contributed by atoms with E-state index in [1.165, 1.54) is 22.7 Å². The van der Waals surface area contributed by atoms with E-state index in [1.54, 1.807) is 0 Å². The van der Waals surface area contributed by atoms with Gasteiger partial charge in [0.05, 0.1) is 24.3 Å². The molecule has 4 nitrogen and oxygen atoms in total. The van der Waals surface area contributed by atoms with Crippen molar-refractivity contribution in [2.45, 2.75) is 11.8 Å². The number of benzene rings is 1. The third-order valence-electron chi connectivity index (χ3n) is 3.28. The third-order valence-corrected chi connectivity index (χ3v) is 5.60. The van der Waals surface area contributed by atoms with Gasteiger partial charge in [0, 0.05) is 19.2 Å².